The molecule has 0 unspecified atom stereocenters. The van der Waals surface area contributed by atoms with E-state index < -0.39 is 110 Å². The fourth-order valence-electron chi connectivity index (χ4n) is 0.857. The van der Waals surface area contributed by atoms with E-state index in [0.29, 0.717) is 0 Å². The zero-order valence-electron chi connectivity index (χ0n) is 27.8. The van der Waals surface area contributed by atoms with E-state index in [0.717, 1.165) is 0 Å². The number of hydrogen-bond acceptors (Lipinski definition) is 49. The summed E-state index contributed by atoms with van der Waals surface area (Å²) in [5.74, 6) is 0. The molecule has 0 aromatic heterocycles. The van der Waals surface area contributed by atoms with Gasteiger partial charge < -0.3 is 231 Å². The Balaban J connectivity index is -0.0000000601. The zero-order valence-corrected chi connectivity index (χ0v) is 47.7. The average molecular weight is 1610 g/mol. The summed E-state index contributed by atoms with van der Waals surface area (Å²) in [4.78, 5) is 261. The van der Waals surface area contributed by atoms with E-state index in [4.69, 9.17) is 0 Å². The first-order valence-electron chi connectivity index (χ1n) is 10.2. The number of phosphoric acid groups is 14. The van der Waals surface area contributed by atoms with Gasteiger partial charge in [0.25, 0.3) is 0 Å². The van der Waals surface area contributed by atoms with Crippen LogP contribution in [0, 0.1) is 0 Å². The van der Waals surface area contributed by atoms with E-state index >= 15 is 0 Å². The molecule has 392 valence electrons. The minimum atomic E-state index is -5.68. The second kappa shape index (κ2) is 37.3. The Morgan fingerprint density at radius 1 is 0.134 bits per heavy atom. The number of rotatable bonds is 14. The van der Waals surface area contributed by atoms with Crippen molar-refractivity contribution < 1.29 is 312 Å². The van der Waals surface area contributed by atoms with Crippen molar-refractivity contribution in [1.82, 2.24) is 0 Å². The van der Waals surface area contributed by atoms with Crippen LogP contribution in [0.15, 0.2) is 0 Å². The van der Waals surface area contributed by atoms with Crippen molar-refractivity contribution in [3.63, 3.8) is 0 Å². The summed E-state index contributed by atoms with van der Waals surface area (Å²) in [5, 5.41) is 0. The maximum absolute atomic E-state index is 9.32. The van der Waals surface area contributed by atoms with Crippen molar-refractivity contribution in [2.24, 2.45) is 0 Å². The summed E-state index contributed by atoms with van der Waals surface area (Å²) < 4.78 is 148. The summed E-state index contributed by atoms with van der Waals surface area (Å²) in [6.45, 7) is 0. The van der Waals surface area contributed by atoms with Crippen LogP contribution in [0.3, 0.4) is 0 Å². The molecule has 0 aromatic carbocycles. The second-order valence-corrected chi connectivity index (χ2v) is 23.9. The first kappa shape index (κ1) is 97.0. The van der Waals surface area contributed by atoms with Gasteiger partial charge in [-0.3, -0.25) is 0 Å². The van der Waals surface area contributed by atoms with Crippen LogP contribution in [0.2, 0.25) is 0 Å². The van der Waals surface area contributed by atoms with Gasteiger partial charge in [0, 0.05) is 0 Å². The fraction of sp³-hybridized carbons (Fsp3) is 0. The summed E-state index contributed by atoms with van der Waals surface area (Å²) in [6, 6.07) is 0. The molecule has 67 heteroatoms. The molecule has 0 rings (SSSR count). The Morgan fingerprint density at radius 2 is 0.164 bits per heavy atom. The molecule has 0 saturated heterocycles. The maximum atomic E-state index is 9.32. The van der Waals surface area contributed by atoms with Crippen LogP contribution in [0.25, 0.3) is 0 Å². The maximum Gasteiger partial charge on any atom is 7.00 e. The molecule has 0 N–H and O–H groups in total. The SMILES string of the molecule is O=P([O-])([O-])OP(=O)([O-])[O-].O=P([O-])([O-])OP(=O)([O-])[O-].O=P([O-])([O-])OP(=O)([O-])[O-].O=P([O-])([O-])OP(=O)([O-])[O-].O=P([O-])([O-])OP(=O)([O-])[O-].O=P([O-])([O-])OP(=O)([O-])[O-].O=P([O-])([O-])OP(=O)([O-])[O-].[Tc+7].[Tc+7].[Tc+7].[Tc+7]. The molecule has 67 heavy (non-hydrogen) atoms. The zero-order chi connectivity index (χ0) is 53.9. The average Bonchev–Trinajstić information content (AvgIpc) is 2.62. The van der Waals surface area contributed by atoms with Crippen LogP contribution in [0.1, 0.15) is 0 Å². The smallest absolute Gasteiger partial charge is 0.790 e. The Labute approximate surface area is 418 Å². The van der Waals surface area contributed by atoms with Crippen LogP contribution in [-0.4, -0.2) is 0 Å². The van der Waals surface area contributed by atoms with Crippen LogP contribution in [0.5, 0.6) is 0 Å². The topological polar surface area (TPSA) is 949 Å². The first-order chi connectivity index (χ1) is 25.9. The molecular weight excluding hydrogens is 1610 g/mol. The quantitative estimate of drug-likeness (QED) is 0.146. The minimum Gasteiger partial charge on any atom is -0.790 e. The molecule has 49 nitrogen and oxygen atoms in total. The van der Waals surface area contributed by atoms with Gasteiger partial charge in [0.1, 0.15) is 0 Å². The van der Waals surface area contributed by atoms with Crippen molar-refractivity contribution in [3.8, 4) is 0 Å². The Kier molecular flexibility index (Phi) is 54.0. The van der Waals surface area contributed by atoms with Gasteiger partial charge in [-0.2, -0.15) is 0 Å². The van der Waals surface area contributed by atoms with Gasteiger partial charge in [-0.05, 0) is 0 Å². The van der Waals surface area contributed by atoms with Gasteiger partial charge in [-0.15, -0.1) is 0 Å². The van der Waals surface area contributed by atoms with Crippen LogP contribution < -0.4 is 137 Å². The van der Waals surface area contributed by atoms with Crippen molar-refractivity contribution in [2.75, 3.05) is 0 Å². The van der Waals surface area contributed by atoms with Crippen molar-refractivity contribution in [2.45, 2.75) is 0 Å². The Bertz CT molecular complexity index is 1470. The van der Waals surface area contributed by atoms with Gasteiger partial charge in [0.15, 0.2) is 0 Å². The van der Waals surface area contributed by atoms with E-state index in [1.807, 2.05) is 0 Å². The van der Waals surface area contributed by atoms with Gasteiger partial charge in [-0.1, -0.05) is 0 Å². The van der Waals surface area contributed by atoms with Gasteiger partial charge in [-0.25, -0.2) is 0 Å². The minimum absolute atomic E-state index is 0. The normalized spacial score (nSPS) is 13.0. The molecular formula is O49P14Tc4. The Hall–Kier alpha value is 4.42. The van der Waals surface area contributed by atoms with Gasteiger partial charge >= 0.3 is 80.4 Å². The molecule has 0 radical (unpaired) electrons. The van der Waals surface area contributed by atoms with Crippen LogP contribution in [-0.2, 0) is 175 Å². The monoisotopic (exact) mass is 1610 g/mol. The standard InChI is InChI=1S/7H4O7P2.4Tc/c7*1-8(2,3)7-9(4,5)6;;;;/h7*(H2,1,2,3)(H2,4,5,6);;;;/q;;;;;;;4*+7/p-28. The molecule has 0 atom stereocenters. The van der Waals surface area contributed by atoms with Gasteiger partial charge in [0.05, 0.1) is 110 Å². The predicted molar refractivity (Wildman–Crippen MR) is 114 cm³/mol. The molecule has 0 fully saturated rings. The summed E-state index contributed by atoms with van der Waals surface area (Å²) >= 11 is 0. The molecule has 0 aliphatic heterocycles. The van der Waals surface area contributed by atoms with Crippen LogP contribution in [0.4, 0.5) is 0 Å². The molecule has 0 saturated carbocycles. The third-order valence-electron chi connectivity index (χ3n) is 1.40. The van der Waals surface area contributed by atoms with E-state index in [1.54, 1.807) is 0 Å². The third-order valence-corrected chi connectivity index (χ3v) is 12.6. The second-order valence-electron chi connectivity index (χ2n) is 6.83. The van der Waals surface area contributed by atoms with Crippen LogP contribution >= 0.6 is 110 Å². The molecule has 0 heterocycles. The van der Waals surface area contributed by atoms with E-state index in [1.165, 1.54) is 0 Å². The van der Waals surface area contributed by atoms with E-state index in [9.17, 15) is 201 Å². The summed E-state index contributed by atoms with van der Waals surface area (Å²) in [5.41, 5.74) is 0. The molecule has 0 aromatic rings. The number of hydrogen-bond donors (Lipinski definition) is 0. The van der Waals surface area contributed by atoms with E-state index in [-0.39, 0.29) is 80.4 Å². The molecule has 0 aliphatic carbocycles. The molecule has 0 bridgehead atoms. The fourth-order valence-corrected chi connectivity index (χ4v) is 7.72. The largest absolute Gasteiger partial charge is 7.00 e. The first-order valence-corrected chi connectivity index (χ1v) is 30.7. The van der Waals surface area contributed by atoms with Gasteiger partial charge in [0.2, 0.25) is 0 Å². The van der Waals surface area contributed by atoms with E-state index in [2.05, 4.69) is 30.2 Å². The Morgan fingerprint density at radius 3 is 0.164 bits per heavy atom. The molecule has 0 aliphatic rings. The predicted octanol–water partition coefficient (Wildman–Crippen LogP) is -23.4. The summed E-state index contributed by atoms with van der Waals surface area (Å²) in [7, 11) is -79.5. The van der Waals surface area contributed by atoms with Crippen molar-refractivity contribution >= 4 is 110 Å². The molecule has 0 spiro atoms. The van der Waals surface area contributed by atoms with Crippen molar-refractivity contribution in [1.29, 1.82) is 0 Å². The van der Waals surface area contributed by atoms with Crippen molar-refractivity contribution in [3.05, 3.63) is 0 Å². The summed E-state index contributed by atoms with van der Waals surface area (Å²) in [6.07, 6.45) is 0. The molecule has 0 amide bonds. The third kappa shape index (κ3) is 153.